The highest BCUT2D eigenvalue weighted by atomic mass is 16.3. The molecule has 1 unspecified atom stereocenters. The summed E-state index contributed by atoms with van der Waals surface area (Å²) in [6.07, 6.45) is 5.75. The van der Waals surface area contributed by atoms with Crippen molar-refractivity contribution in [3.8, 4) is 0 Å². The molecule has 6 nitrogen and oxygen atoms in total. The van der Waals surface area contributed by atoms with Crippen molar-refractivity contribution < 1.29 is 5.11 Å². The molecule has 0 saturated heterocycles. The Morgan fingerprint density at radius 2 is 2.26 bits per heavy atom. The number of hydrogen-bond donors (Lipinski definition) is 3. The Kier molecular flexibility index (Phi) is 5.02. The van der Waals surface area contributed by atoms with Gasteiger partial charge in [-0.05, 0) is 31.4 Å². The van der Waals surface area contributed by atoms with Gasteiger partial charge in [0.15, 0.2) is 11.6 Å². The first-order valence-corrected chi connectivity index (χ1v) is 8.28. The van der Waals surface area contributed by atoms with E-state index >= 15 is 0 Å². The molecule has 1 atom stereocenters. The summed E-state index contributed by atoms with van der Waals surface area (Å²) in [6, 6.07) is 5.69. The number of fused-ring (bicyclic) bond motifs is 1. The molecule has 0 amide bonds. The summed E-state index contributed by atoms with van der Waals surface area (Å²) in [5, 5.41) is 17.0. The van der Waals surface area contributed by atoms with E-state index in [-0.39, 0.29) is 0 Å². The number of aromatic nitrogens is 3. The Balaban J connectivity index is 1.92. The summed E-state index contributed by atoms with van der Waals surface area (Å²) < 4.78 is 0. The summed E-state index contributed by atoms with van der Waals surface area (Å²) in [4.78, 5) is 13.4. The van der Waals surface area contributed by atoms with Crippen molar-refractivity contribution in [2.45, 2.75) is 45.1 Å². The van der Waals surface area contributed by atoms with Crippen LogP contribution in [0.5, 0.6) is 0 Å². The third kappa shape index (κ3) is 3.76. The minimum atomic E-state index is -0.619. The topological polar surface area (TPSA) is 83.0 Å². The number of rotatable bonds is 6. The fourth-order valence-electron chi connectivity index (χ4n) is 2.69. The van der Waals surface area contributed by atoms with Crippen molar-refractivity contribution in [1.82, 2.24) is 15.0 Å². The first kappa shape index (κ1) is 15.7. The molecule has 0 saturated carbocycles. The van der Waals surface area contributed by atoms with Crippen LogP contribution in [0.3, 0.4) is 0 Å². The fraction of sp³-hybridized carbons (Fsp3) is 0.471. The van der Waals surface area contributed by atoms with E-state index < -0.39 is 6.10 Å². The van der Waals surface area contributed by atoms with Gasteiger partial charge in [0.2, 0.25) is 0 Å². The van der Waals surface area contributed by atoms with E-state index in [2.05, 4.69) is 32.5 Å². The van der Waals surface area contributed by atoms with E-state index in [9.17, 15) is 5.11 Å². The van der Waals surface area contributed by atoms with Gasteiger partial charge in [-0.3, -0.25) is 0 Å². The number of nitrogens with one attached hydrogen (secondary N) is 2. The number of aliphatic hydroxyl groups excluding tert-OH is 1. The second-order valence-corrected chi connectivity index (χ2v) is 5.78. The van der Waals surface area contributed by atoms with Crippen molar-refractivity contribution in [1.29, 1.82) is 0 Å². The van der Waals surface area contributed by atoms with Gasteiger partial charge in [0.25, 0.3) is 0 Å². The molecule has 3 N–H and O–H groups in total. The van der Waals surface area contributed by atoms with Gasteiger partial charge in [-0.1, -0.05) is 25.8 Å². The molecule has 3 heterocycles. The molecular weight excluding hydrogens is 290 g/mol. The van der Waals surface area contributed by atoms with Crippen molar-refractivity contribution in [3.63, 3.8) is 0 Å². The largest absolute Gasteiger partial charge is 0.385 e. The molecule has 0 aliphatic carbocycles. The lowest BCUT2D eigenvalue weighted by atomic mass is 10.1. The second kappa shape index (κ2) is 7.37. The summed E-state index contributed by atoms with van der Waals surface area (Å²) in [5.74, 6) is 1.92. The van der Waals surface area contributed by atoms with Gasteiger partial charge >= 0.3 is 0 Å². The normalized spacial score (nSPS) is 14.7. The van der Waals surface area contributed by atoms with Crippen LogP contribution < -0.4 is 10.6 Å². The molecule has 2 aromatic rings. The van der Waals surface area contributed by atoms with Crippen LogP contribution in [-0.4, -0.2) is 26.6 Å². The molecular formula is C17H23N5O. The Morgan fingerprint density at radius 1 is 1.35 bits per heavy atom. The Labute approximate surface area is 136 Å². The lowest BCUT2D eigenvalue weighted by molar-refractivity contribution is 0.154. The van der Waals surface area contributed by atoms with Gasteiger partial charge in [0.05, 0.1) is 11.4 Å². The monoisotopic (exact) mass is 313 g/mol. The Morgan fingerprint density at radius 3 is 3.04 bits per heavy atom. The van der Waals surface area contributed by atoms with Gasteiger partial charge < -0.3 is 15.7 Å². The number of pyridine rings is 1. The van der Waals surface area contributed by atoms with Crippen LogP contribution in [0.4, 0.5) is 17.3 Å². The van der Waals surface area contributed by atoms with Gasteiger partial charge in [-0.25, -0.2) is 15.0 Å². The van der Waals surface area contributed by atoms with E-state index in [0.717, 1.165) is 49.4 Å². The highest BCUT2D eigenvalue weighted by molar-refractivity contribution is 5.72. The Bertz CT molecular complexity index is 647. The molecule has 1 aliphatic heterocycles. The van der Waals surface area contributed by atoms with Crippen molar-refractivity contribution in [2.75, 3.05) is 17.2 Å². The molecule has 23 heavy (non-hydrogen) atoms. The molecule has 1 aliphatic rings. The molecule has 2 aromatic heterocycles. The average molecular weight is 313 g/mol. The summed E-state index contributed by atoms with van der Waals surface area (Å²) in [7, 11) is 0. The van der Waals surface area contributed by atoms with Crippen molar-refractivity contribution in [3.05, 3.63) is 35.9 Å². The third-order valence-electron chi connectivity index (χ3n) is 3.93. The zero-order valence-corrected chi connectivity index (χ0v) is 13.4. The predicted molar refractivity (Wildman–Crippen MR) is 90.8 cm³/mol. The van der Waals surface area contributed by atoms with Crippen LogP contribution in [-0.2, 0) is 6.42 Å². The quantitative estimate of drug-likeness (QED) is 0.759. The van der Waals surface area contributed by atoms with E-state index in [1.54, 1.807) is 6.20 Å². The summed E-state index contributed by atoms with van der Waals surface area (Å²) >= 11 is 0. The molecule has 3 rings (SSSR count). The molecule has 122 valence electrons. The average Bonchev–Trinajstić information content (AvgIpc) is 2.60. The van der Waals surface area contributed by atoms with Crippen LogP contribution in [0, 0.1) is 0 Å². The van der Waals surface area contributed by atoms with Gasteiger partial charge in [0.1, 0.15) is 11.9 Å². The van der Waals surface area contributed by atoms with Gasteiger partial charge in [-0.2, -0.15) is 0 Å². The van der Waals surface area contributed by atoms with Crippen LogP contribution in [0.15, 0.2) is 24.4 Å². The molecule has 0 aromatic carbocycles. The molecule has 0 spiro atoms. The number of nitrogens with zero attached hydrogens (tertiary/aromatic N) is 3. The third-order valence-corrected chi connectivity index (χ3v) is 3.93. The highest BCUT2D eigenvalue weighted by Crippen LogP contribution is 2.31. The molecule has 0 bridgehead atoms. The minimum Gasteiger partial charge on any atom is -0.385 e. The predicted octanol–water partition coefficient (Wildman–Crippen LogP) is 3.20. The van der Waals surface area contributed by atoms with E-state index in [0.29, 0.717) is 18.1 Å². The Hall–Kier alpha value is -2.21. The second-order valence-electron chi connectivity index (χ2n) is 5.78. The maximum Gasteiger partial charge on any atom is 0.159 e. The molecule has 0 radical (unpaired) electrons. The molecule has 0 fully saturated rings. The highest BCUT2D eigenvalue weighted by Gasteiger charge is 2.21. The minimum absolute atomic E-state index is 0.499. The maximum absolute atomic E-state index is 10.4. The SMILES string of the molecule is CCCCC(O)c1nc2c(c(Nc3ccccn3)n1)NCCC2. The van der Waals surface area contributed by atoms with Crippen LogP contribution in [0.25, 0.3) is 0 Å². The lowest BCUT2D eigenvalue weighted by Crippen LogP contribution is -2.18. The number of hydrogen-bond acceptors (Lipinski definition) is 6. The van der Waals surface area contributed by atoms with Crippen LogP contribution in [0.1, 0.15) is 50.2 Å². The van der Waals surface area contributed by atoms with E-state index in [4.69, 9.17) is 0 Å². The summed E-state index contributed by atoms with van der Waals surface area (Å²) in [5.41, 5.74) is 1.89. The smallest absolute Gasteiger partial charge is 0.159 e. The zero-order valence-electron chi connectivity index (χ0n) is 13.4. The van der Waals surface area contributed by atoms with Gasteiger partial charge in [-0.15, -0.1) is 0 Å². The van der Waals surface area contributed by atoms with Crippen molar-refractivity contribution >= 4 is 17.3 Å². The maximum atomic E-state index is 10.4. The first-order valence-electron chi connectivity index (χ1n) is 8.28. The van der Waals surface area contributed by atoms with Crippen molar-refractivity contribution in [2.24, 2.45) is 0 Å². The number of unbranched alkanes of at least 4 members (excludes halogenated alkanes) is 1. The first-order chi connectivity index (χ1) is 11.3. The van der Waals surface area contributed by atoms with E-state index in [1.165, 1.54) is 0 Å². The summed E-state index contributed by atoms with van der Waals surface area (Å²) in [6.45, 7) is 3.02. The fourth-order valence-corrected chi connectivity index (χ4v) is 2.69. The number of anilines is 3. The standard InChI is InChI=1S/C17H23N5O/c1-2-3-8-13(23)16-20-12-7-6-11-19-15(12)17(22-16)21-14-9-4-5-10-18-14/h4-5,9-10,13,19,23H,2-3,6-8,11H2,1H3,(H,18,20,21,22). The zero-order chi connectivity index (χ0) is 16.1. The van der Waals surface area contributed by atoms with Crippen LogP contribution in [0.2, 0.25) is 0 Å². The lowest BCUT2D eigenvalue weighted by Gasteiger charge is -2.22. The van der Waals surface area contributed by atoms with Gasteiger partial charge in [0, 0.05) is 12.7 Å². The van der Waals surface area contributed by atoms with E-state index in [1.807, 2.05) is 18.2 Å². The number of aliphatic hydroxyl groups is 1. The number of aryl methyl sites for hydroxylation is 1. The molecule has 6 heteroatoms. The van der Waals surface area contributed by atoms with Crippen LogP contribution >= 0.6 is 0 Å².